The number of unbranched alkanes of at least 4 members (excludes halogenated alkanes) is 1. The summed E-state index contributed by atoms with van der Waals surface area (Å²) in [5.41, 5.74) is 1.88. The van der Waals surface area contributed by atoms with E-state index in [-0.39, 0.29) is 10.6 Å². The molecule has 25 heavy (non-hydrogen) atoms. The first-order valence-electron chi connectivity index (χ1n) is 7.42. The van der Waals surface area contributed by atoms with Crippen LogP contribution in [0.25, 0.3) is 0 Å². The SMILES string of the molecule is CC1=Nc2ccc(S(=O)(=O)OI)cc2C1(C)CCCCS(=O)(=O)ON. The van der Waals surface area contributed by atoms with E-state index in [2.05, 4.69) is 11.8 Å². The molecule has 1 aliphatic heterocycles. The van der Waals surface area contributed by atoms with Crippen LogP contribution in [0.15, 0.2) is 28.1 Å². The maximum absolute atomic E-state index is 11.9. The molecule has 11 heteroatoms. The van der Waals surface area contributed by atoms with Gasteiger partial charge < -0.3 is 0 Å². The number of nitrogens with zero attached hydrogens (tertiary/aromatic N) is 1. The molecule has 1 aliphatic rings. The molecule has 1 aromatic carbocycles. The van der Waals surface area contributed by atoms with E-state index in [4.69, 9.17) is 5.90 Å². The molecule has 140 valence electrons. The van der Waals surface area contributed by atoms with Crippen LogP contribution in [-0.4, -0.2) is 28.3 Å². The van der Waals surface area contributed by atoms with E-state index in [0.29, 0.717) is 24.9 Å². The molecule has 1 aromatic rings. The zero-order chi connectivity index (χ0) is 18.9. The van der Waals surface area contributed by atoms with E-state index in [1.807, 2.05) is 13.8 Å². The van der Waals surface area contributed by atoms with Crippen LogP contribution in [0.4, 0.5) is 5.69 Å². The van der Waals surface area contributed by atoms with Crippen LogP contribution in [-0.2, 0) is 32.4 Å². The molecule has 0 saturated heterocycles. The van der Waals surface area contributed by atoms with Gasteiger partial charge in [0.15, 0.2) is 0 Å². The zero-order valence-corrected chi connectivity index (χ0v) is 17.5. The van der Waals surface area contributed by atoms with Crippen molar-refractivity contribution in [3.8, 4) is 0 Å². The Balaban J connectivity index is 2.23. The highest BCUT2D eigenvalue weighted by atomic mass is 127. The number of halogens is 1. The number of rotatable bonds is 8. The summed E-state index contributed by atoms with van der Waals surface area (Å²) >= 11 is 1.34. The van der Waals surface area contributed by atoms with Crippen molar-refractivity contribution in [2.45, 2.75) is 43.4 Å². The molecule has 0 radical (unpaired) electrons. The highest BCUT2D eigenvalue weighted by Crippen LogP contribution is 2.44. The van der Waals surface area contributed by atoms with E-state index in [1.165, 1.54) is 29.1 Å². The third kappa shape index (κ3) is 4.39. The van der Waals surface area contributed by atoms with Gasteiger partial charge in [-0.15, -0.1) is 0 Å². The van der Waals surface area contributed by atoms with Crippen molar-refractivity contribution in [1.29, 1.82) is 0 Å². The quantitative estimate of drug-likeness (QED) is 0.329. The van der Waals surface area contributed by atoms with Crippen LogP contribution in [0.2, 0.25) is 0 Å². The molecule has 2 rings (SSSR count). The second kappa shape index (κ2) is 7.56. The van der Waals surface area contributed by atoms with Crippen molar-refractivity contribution in [2.75, 3.05) is 5.75 Å². The normalized spacial score (nSPS) is 20.4. The van der Waals surface area contributed by atoms with Crippen molar-refractivity contribution in [3.05, 3.63) is 23.8 Å². The minimum atomic E-state index is -3.81. The number of hydrogen-bond acceptors (Lipinski definition) is 8. The maximum Gasteiger partial charge on any atom is 0.306 e. The molecular weight excluding hydrogens is 483 g/mol. The van der Waals surface area contributed by atoms with Crippen LogP contribution >= 0.6 is 23.0 Å². The lowest BCUT2D eigenvalue weighted by Gasteiger charge is -2.26. The Morgan fingerprint density at radius 3 is 2.52 bits per heavy atom. The van der Waals surface area contributed by atoms with Crippen molar-refractivity contribution >= 4 is 54.6 Å². The average Bonchev–Trinajstić information content (AvgIpc) is 2.82. The van der Waals surface area contributed by atoms with Gasteiger partial charge in [0.1, 0.15) is 23.0 Å². The number of nitrogens with two attached hydrogens (primary N) is 1. The third-order valence-electron chi connectivity index (χ3n) is 4.49. The van der Waals surface area contributed by atoms with E-state index < -0.39 is 25.7 Å². The summed E-state index contributed by atoms with van der Waals surface area (Å²) in [6.07, 6.45) is 1.59. The number of aliphatic imine (C=N–C) groups is 1. The summed E-state index contributed by atoms with van der Waals surface area (Å²) in [6.45, 7) is 3.84. The van der Waals surface area contributed by atoms with Gasteiger partial charge in [-0.05, 0) is 43.5 Å². The Hall–Kier alpha value is -0.600. The highest BCUT2D eigenvalue weighted by molar-refractivity contribution is 14.1. The predicted octanol–water partition coefficient (Wildman–Crippen LogP) is 2.50. The molecule has 1 atom stereocenters. The van der Waals surface area contributed by atoms with Gasteiger partial charge in [0, 0.05) is 11.1 Å². The summed E-state index contributed by atoms with van der Waals surface area (Å²) in [6, 6.07) is 4.68. The van der Waals surface area contributed by atoms with Gasteiger partial charge >= 0.3 is 10.1 Å². The molecule has 1 heterocycles. The van der Waals surface area contributed by atoms with Crippen molar-refractivity contribution in [1.82, 2.24) is 0 Å². The Kier molecular flexibility index (Phi) is 6.27. The van der Waals surface area contributed by atoms with Gasteiger partial charge in [0.05, 0.1) is 16.3 Å². The topological polar surface area (TPSA) is 125 Å². The molecule has 8 nitrogen and oxygen atoms in total. The van der Waals surface area contributed by atoms with Gasteiger partial charge in [-0.1, -0.05) is 13.3 Å². The van der Waals surface area contributed by atoms with Gasteiger partial charge in [0.2, 0.25) is 0 Å². The minimum absolute atomic E-state index is 0.0656. The summed E-state index contributed by atoms with van der Waals surface area (Å²) in [7, 11) is -7.50. The van der Waals surface area contributed by atoms with E-state index in [9.17, 15) is 16.8 Å². The standard InChI is InChI=1S/C14H19IN2O6S2/c1-10-14(2,7-3-4-8-24(18,19)23-16)12-9-11(25(20,21)22-15)5-6-13(12)17-10/h5-6,9H,3-4,7-8,16H2,1-2H3. The van der Waals surface area contributed by atoms with E-state index >= 15 is 0 Å². The zero-order valence-electron chi connectivity index (χ0n) is 13.7. The first-order valence-corrected chi connectivity index (χ1v) is 11.3. The van der Waals surface area contributed by atoms with Crippen LogP contribution < -0.4 is 5.90 Å². The largest absolute Gasteiger partial charge is 0.306 e. The average molecular weight is 502 g/mol. The van der Waals surface area contributed by atoms with Crippen LogP contribution in [0.3, 0.4) is 0 Å². The number of fused-ring (bicyclic) bond motifs is 1. The molecule has 1 unspecified atom stereocenters. The molecule has 0 fully saturated rings. The Morgan fingerprint density at radius 1 is 1.24 bits per heavy atom. The summed E-state index contributed by atoms with van der Waals surface area (Å²) in [4.78, 5) is 4.58. The van der Waals surface area contributed by atoms with Crippen LogP contribution in [0.1, 0.15) is 38.7 Å². The Morgan fingerprint density at radius 2 is 1.92 bits per heavy atom. The second-order valence-corrected chi connectivity index (χ2v) is 10.3. The van der Waals surface area contributed by atoms with E-state index in [0.717, 1.165) is 11.3 Å². The highest BCUT2D eigenvalue weighted by Gasteiger charge is 2.37. The van der Waals surface area contributed by atoms with Gasteiger partial charge in [-0.3, -0.25) is 4.99 Å². The molecule has 2 N–H and O–H groups in total. The monoisotopic (exact) mass is 502 g/mol. The molecular formula is C14H19IN2O6S2. The summed E-state index contributed by atoms with van der Waals surface area (Å²) in [5, 5.41) is 0. The fourth-order valence-electron chi connectivity index (χ4n) is 2.87. The van der Waals surface area contributed by atoms with Gasteiger partial charge in [-0.2, -0.15) is 29.5 Å². The molecule has 0 amide bonds. The van der Waals surface area contributed by atoms with Crippen molar-refractivity contribution in [2.24, 2.45) is 10.9 Å². The fraction of sp³-hybridized carbons (Fsp3) is 0.500. The van der Waals surface area contributed by atoms with Crippen LogP contribution in [0, 0.1) is 0 Å². The van der Waals surface area contributed by atoms with E-state index in [1.54, 1.807) is 12.1 Å². The molecule has 0 bridgehead atoms. The third-order valence-corrected chi connectivity index (χ3v) is 7.99. The lowest BCUT2D eigenvalue weighted by molar-refractivity contribution is 0.331. The summed E-state index contributed by atoms with van der Waals surface area (Å²) in [5.74, 6) is 4.55. The molecule has 0 aliphatic carbocycles. The Labute approximate surface area is 161 Å². The predicted molar refractivity (Wildman–Crippen MR) is 102 cm³/mol. The molecule has 0 saturated carbocycles. The minimum Gasteiger partial charge on any atom is -0.257 e. The maximum atomic E-state index is 11.9. The number of hydrogen-bond donors (Lipinski definition) is 1. The lowest BCUT2D eigenvalue weighted by atomic mass is 9.76. The Bertz CT molecular complexity index is 898. The molecule has 0 aromatic heterocycles. The fourth-order valence-corrected chi connectivity index (χ4v) is 4.71. The van der Waals surface area contributed by atoms with Crippen LogP contribution in [0.5, 0.6) is 0 Å². The van der Waals surface area contributed by atoms with Crippen molar-refractivity contribution in [3.63, 3.8) is 0 Å². The molecule has 0 spiro atoms. The smallest absolute Gasteiger partial charge is 0.257 e. The summed E-state index contributed by atoms with van der Waals surface area (Å²) < 4.78 is 54.9. The first kappa shape index (κ1) is 20.7. The lowest BCUT2D eigenvalue weighted by Crippen LogP contribution is -2.28. The number of benzene rings is 1. The van der Waals surface area contributed by atoms with Crippen molar-refractivity contribution < 1.29 is 23.6 Å². The second-order valence-electron chi connectivity index (χ2n) is 6.04. The van der Waals surface area contributed by atoms with Gasteiger partial charge in [0.25, 0.3) is 10.1 Å². The van der Waals surface area contributed by atoms with Gasteiger partial charge in [-0.25, -0.2) is 0 Å². The first-order chi connectivity index (χ1) is 11.6.